The van der Waals surface area contributed by atoms with Crippen molar-refractivity contribution in [3.63, 3.8) is 0 Å². The van der Waals surface area contributed by atoms with E-state index in [1.54, 1.807) is 0 Å². The maximum absolute atomic E-state index is 11.8. The van der Waals surface area contributed by atoms with Gasteiger partial charge in [0.1, 0.15) is 0 Å². The lowest BCUT2D eigenvalue weighted by Gasteiger charge is -2.21. The van der Waals surface area contributed by atoms with Crippen molar-refractivity contribution in [2.24, 2.45) is 11.7 Å². The summed E-state index contributed by atoms with van der Waals surface area (Å²) in [5.74, 6) is 0.532. The van der Waals surface area contributed by atoms with Gasteiger partial charge >= 0.3 is 0 Å². The van der Waals surface area contributed by atoms with Gasteiger partial charge in [-0.15, -0.1) is 0 Å². The molecule has 1 amide bonds. The summed E-state index contributed by atoms with van der Waals surface area (Å²) in [6.07, 6.45) is 2.55. The summed E-state index contributed by atoms with van der Waals surface area (Å²) in [7, 11) is 0. The lowest BCUT2D eigenvalue weighted by Crippen LogP contribution is -2.42. The summed E-state index contributed by atoms with van der Waals surface area (Å²) in [5, 5.41) is 2.93. The number of nitrogens with two attached hydrogens (primary N) is 1. The molecule has 0 saturated heterocycles. The van der Waals surface area contributed by atoms with Gasteiger partial charge in [0.25, 0.3) is 0 Å². The van der Waals surface area contributed by atoms with Gasteiger partial charge in [0.2, 0.25) is 5.91 Å². The SMILES string of the molecule is CCC(CC)C(N)CNC(=O)Cc1ccc(C)cc1. The molecule has 106 valence electrons. The minimum atomic E-state index is 0.0465. The van der Waals surface area contributed by atoms with Crippen molar-refractivity contribution in [2.75, 3.05) is 6.54 Å². The lowest BCUT2D eigenvalue weighted by atomic mass is 9.95. The Morgan fingerprint density at radius 3 is 2.32 bits per heavy atom. The van der Waals surface area contributed by atoms with Crippen LogP contribution in [-0.4, -0.2) is 18.5 Å². The quantitative estimate of drug-likeness (QED) is 0.793. The first-order valence-corrected chi connectivity index (χ1v) is 7.14. The van der Waals surface area contributed by atoms with E-state index in [2.05, 4.69) is 19.2 Å². The number of amides is 1. The Labute approximate surface area is 116 Å². The lowest BCUT2D eigenvalue weighted by molar-refractivity contribution is -0.120. The Morgan fingerprint density at radius 2 is 1.79 bits per heavy atom. The number of hydrogen-bond donors (Lipinski definition) is 2. The van der Waals surface area contributed by atoms with Crippen LogP contribution in [-0.2, 0) is 11.2 Å². The molecule has 0 bridgehead atoms. The fourth-order valence-electron chi connectivity index (χ4n) is 2.25. The molecule has 1 atom stereocenters. The van der Waals surface area contributed by atoms with Gasteiger partial charge in [0, 0.05) is 12.6 Å². The summed E-state index contributed by atoms with van der Waals surface area (Å²) < 4.78 is 0. The topological polar surface area (TPSA) is 55.1 Å². The summed E-state index contributed by atoms with van der Waals surface area (Å²) >= 11 is 0. The highest BCUT2D eigenvalue weighted by atomic mass is 16.1. The zero-order valence-corrected chi connectivity index (χ0v) is 12.3. The third-order valence-electron chi connectivity index (χ3n) is 3.67. The molecular weight excluding hydrogens is 236 g/mol. The number of nitrogens with one attached hydrogen (secondary N) is 1. The van der Waals surface area contributed by atoms with Gasteiger partial charge in [-0.05, 0) is 18.4 Å². The van der Waals surface area contributed by atoms with Gasteiger partial charge in [0.15, 0.2) is 0 Å². The summed E-state index contributed by atoms with van der Waals surface area (Å²) in [5.41, 5.74) is 8.33. The van der Waals surface area contributed by atoms with Gasteiger partial charge in [0.05, 0.1) is 6.42 Å². The number of hydrogen-bond acceptors (Lipinski definition) is 2. The summed E-state index contributed by atoms with van der Waals surface area (Å²) in [4.78, 5) is 11.8. The Bertz CT molecular complexity index is 382. The molecule has 0 aliphatic rings. The zero-order chi connectivity index (χ0) is 14.3. The molecule has 19 heavy (non-hydrogen) atoms. The van der Waals surface area contributed by atoms with E-state index in [4.69, 9.17) is 5.73 Å². The molecule has 3 heteroatoms. The smallest absolute Gasteiger partial charge is 0.224 e. The minimum Gasteiger partial charge on any atom is -0.354 e. The van der Waals surface area contributed by atoms with Crippen LogP contribution in [0.5, 0.6) is 0 Å². The molecule has 0 heterocycles. The largest absolute Gasteiger partial charge is 0.354 e. The van der Waals surface area contributed by atoms with Crippen molar-refractivity contribution in [2.45, 2.75) is 46.1 Å². The molecule has 1 aromatic carbocycles. The van der Waals surface area contributed by atoms with Crippen LogP contribution >= 0.6 is 0 Å². The Morgan fingerprint density at radius 1 is 1.21 bits per heavy atom. The van der Waals surface area contributed by atoms with Crippen LogP contribution in [0.25, 0.3) is 0 Å². The maximum atomic E-state index is 11.8. The predicted octanol–water partition coefficient (Wildman–Crippen LogP) is 2.42. The monoisotopic (exact) mass is 262 g/mol. The number of carbonyl (C=O) groups is 1. The highest BCUT2D eigenvalue weighted by Crippen LogP contribution is 2.10. The second-order valence-electron chi connectivity index (χ2n) is 5.21. The van der Waals surface area contributed by atoms with Crippen LogP contribution in [0.15, 0.2) is 24.3 Å². The Hall–Kier alpha value is -1.35. The average molecular weight is 262 g/mol. The van der Waals surface area contributed by atoms with Crippen molar-refractivity contribution in [3.8, 4) is 0 Å². The van der Waals surface area contributed by atoms with Gasteiger partial charge in [-0.3, -0.25) is 4.79 Å². The number of rotatable bonds is 7. The highest BCUT2D eigenvalue weighted by molar-refractivity contribution is 5.78. The summed E-state index contributed by atoms with van der Waals surface area (Å²) in [6.45, 7) is 6.89. The molecule has 0 aromatic heterocycles. The molecule has 0 saturated carbocycles. The third-order valence-corrected chi connectivity index (χ3v) is 3.67. The van der Waals surface area contributed by atoms with Gasteiger partial charge in [-0.25, -0.2) is 0 Å². The van der Waals surface area contributed by atoms with E-state index in [9.17, 15) is 4.79 Å². The first kappa shape index (κ1) is 15.7. The van der Waals surface area contributed by atoms with E-state index in [0.29, 0.717) is 18.9 Å². The van der Waals surface area contributed by atoms with Crippen molar-refractivity contribution in [1.82, 2.24) is 5.32 Å². The molecule has 0 fully saturated rings. The van der Waals surface area contributed by atoms with E-state index in [1.165, 1.54) is 5.56 Å². The second kappa shape index (κ2) is 7.95. The molecule has 0 spiro atoms. The number of benzene rings is 1. The summed E-state index contributed by atoms with van der Waals surface area (Å²) in [6, 6.07) is 8.10. The minimum absolute atomic E-state index is 0.0465. The van der Waals surface area contributed by atoms with Crippen LogP contribution in [0.1, 0.15) is 37.8 Å². The highest BCUT2D eigenvalue weighted by Gasteiger charge is 2.14. The third kappa shape index (κ3) is 5.43. The van der Waals surface area contributed by atoms with Crippen LogP contribution in [0.2, 0.25) is 0 Å². The standard InChI is InChI=1S/C16H26N2O/c1-4-14(5-2)15(17)11-18-16(19)10-13-8-6-12(3)7-9-13/h6-9,14-15H,4-5,10-11,17H2,1-3H3,(H,18,19). The zero-order valence-electron chi connectivity index (χ0n) is 12.3. The molecule has 0 radical (unpaired) electrons. The first-order valence-electron chi connectivity index (χ1n) is 7.14. The van der Waals surface area contributed by atoms with Crippen molar-refractivity contribution in [3.05, 3.63) is 35.4 Å². The Balaban J connectivity index is 2.37. The van der Waals surface area contributed by atoms with Crippen molar-refractivity contribution >= 4 is 5.91 Å². The normalized spacial score (nSPS) is 12.5. The van der Waals surface area contributed by atoms with Gasteiger partial charge < -0.3 is 11.1 Å². The van der Waals surface area contributed by atoms with Gasteiger partial charge in [-0.1, -0.05) is 56.5 Å². The maximum Gasteiger partial charge on any atom is 0.224 e. The van der Waals surface area contributed by atoms with E-state index in [0.717, 1.165) is 18.4 Å². The first-order chi connectivity index (χ1) is 9.06. The molecule has 1 rings (SSSR count). The molecule has 1 unspecified atom stereocenters. The van der Waals surface area contributed by atoms with E-state index < -0.39 is 0 Å². The van der Waals surface area contributed by atoms with E-state index in [1.807, 2.05) is 31.2 Å². The Kier molecular flexibility index (Phi) is 6.57. The molecule has 3 N–H and O–H groups in total. The van der Waals surface area contributed by atoms with Crippen LogP contribution in [0, 0.1) is 12.8 Å². The van der Waals surface area contributed by atoms with Crippen molar-refractivity contribution < 1.29 is 4.79 Å². The van der Waals surface area contributed by atoms with Crippen LogP contribution in [0.3, 0.4) is 0 Å². The van der Waals surface area contributed by atoms with E-state index >= 15 is 0 Å². The molecular formula is C16H26N2O. The number of carbonyl (C=O) groups excluding carboxylic acids is 1. The van der Waals surface area contributed by atoms with Crippen LogP contribution < -0.4 is 11.1 Å². The average Bonchev–Trinajstić information content (AvgIpc) is 2.40. The molecule has 0 aliphatic carbocycles. The van der Waals surface area contributed by atoms with Crippen LogP contribution in [0.4, 0.5) is 0 Å². The van der Waals surface area contributed by atoms with Crippen molar-refractivity contribution in [1.29, 1.82) is 0 Å². The fourth-order valence-corrected chi connectivity index (χ4v) is 2.25. The number of aryl methyl sites for hydroxylation is 1. The van der Waals surface area contributed by atoms with Gasteiger partial charge in [-0.2, -0.15) is 0 Å². The molecule has 0 aliphatic heterocycles. The fraction of sp³-hybridized carbons (Fsp3) is 0.562. The second-order valence-corrected chi connectivity index (χ2v) is 5.21. The predicted molar refractivity (Wildman–Crippen MR) is 79.9 cm³/mol. The van der Waals surface area contributed by atoms with E-state index in [-0.39, 0.29) is 11.9 Å². The molecule has 1 aromatic rings. The molecule has 3 nitrogen and oxygen atoms in total.